The van der Waals surface area contributed by atoms with Gasteiger partial charge in [0.15, 0.2) is 0 Å². The quantitative estimate of drug-likeness (QED) is 0.570. The van der Waals surface area contributed by atoms with E-state index in [0.29, 0.717) is 16.5 Å². The molecular weight excluding hydrogens is 402 g/mol. The molecule has 0 aliphatic heterocycles. The Morgan fingerprint density at radius 2 is 1.76 bits per heavy atom. The molecule has 1 unspecified atom stereocenters. The van der Waals surface area contributed by atoms with Gasteiger partial charge < -0.3 is 5.32 Å². The Morgan fingerprint density at radius 3 is 2.44 bits per heavy atom. The van der Waals surface area contributed by atoms with Crippen LogP contribution in [0.4, 0.5) is 5.69 Å². The Kier molecular flexibility index (Phi) is 7.81. The molecule has 0 saturated heterocycles. The van der Waals surface area contributed by atoms with Gasteiger partial charge in [0.1, 0.15) is 6.04 Å². The Hall–Kier alpha value is -1.99. The van der Waals surface area contributed by atoms with Gasteiger partial charge in [-0.05, 0) is 58.6 Å². The molecule has 132 valence electrons. The highest BCUT2D eigenvalue weighted by atomic mass is 79.9. The molecule has 7 heteroatoms. The lowest BCUT2D eigenvalue weighted by Crippen LogP contribution is -2.48. The van der Waals surface area contributed by atoms with Gasteiger partial charge in [0, 0.05) is 4.47 Å². The van der Waals surface area contributed by atoms with E-state index < -0.39 is 6.04 Å². The number of anilines is 1. The van der Waals surface area contributed by atoms with Crippen LogP contribution in [0, 0.1) is 0 Å². The number of halogens is 1. The highest BCUT2D eigenvalue weighted by molar-refractivity contribution is 9.10. The predicted octanol–water partition coefficient (Wildman–Crippen LogP) is 3.44. The van der Waals surface area contributed by atoms with Gasteiger partial charge in [-0.3, -0.25) is 20.4 Å². The molecule has 0 aromatic heterocycles. The van der Waals surface area contributed by atoms with Crippen molar-refractivity contribution in [2.45, 2.75) is 12.5 Å². The molecule has 5 nitrogen and oxygen atoms in total. The molecule has 2 aromatic carbocycles. The van der Waals surface area contributed by atoms with Crippen LogP contribution < -0.4 is 16.2 Å². The number of carbonyl (C=O) groups excluding carboxylic acids is 2. The number of hydrazine groups is 1. The van der Waals surface area contributed by atoms with Crippen molar-refractivity contribution < 1.29 is 9.59 Å². The second kappa shape index (κ2) is 10.1. The topological polar surface area (TPSA) is 70.2 Å². The van der Waals surface area contributed by atoms with Gasteiger partial charge in [0.2, 0.25) is 0 Å². The number of hydrogen-bond donors (Lipinski definition) is 3. The van der Waals surface area contributed by atoms with Crippen LogP contribution in [-0.4, -0.2) is 29.9 Å². The zero-order valence-electron chi connectivity index (χ0n) is 13.8. The summed E-state index contributed by atoms with van der Waals surface area (Å²) in [5, 5.41) is 2.81. The van der Waals surface area contributed by atoms with E-state index in [4.69, 9.17) is 0 Å². The highest BCUT2D eigenvalue weighted by Crippen LogP contribution is 2.16. The van der Waals surface area contributed by atoms with E-state index in [1.165, 1.54) is 0 Å². The molecule has 0 saturated carbocycles. The van der Waals surface area contributed by atoms with Crippen molar-refractivity contribution in [3.63, 3.8) is 0 Å². The average molecular weight is 422 g/mol. The van der Waals surface area contributed by atoms with E-state index in [0.717, 1.165) is 11.4 Å². The summed E-state index contributed by atoms with van der Waals surface area (Å²) in [5.41, 5.74) is 6.79. The molecule has 2 rings (SSSR count). The fourth-order valence-corrected chi connectivity index (χ4v) is 3.06. The Labute approximate surface area is 160 Å². The summed E-state index contributed by atoms with van der Waals surface area (Å²) < 4.78 is 0.693. The largest absolute Gasteiger partial charge is 0.340 e. The van der Waals surface area contributed by atoms with E-state index >= 15 is 0 Å². The van der Waals surface area contributed by atoms with Crippen molar-refractivity contribution in [3.05, 3.63) is 64.6 Å². The summed E-state index contributed by atoms with van der Waals surface area (Å²) in [4.78, 5) is 24.9. The zero-order chi connectivity index (χ0) is 18.1. The molecule has 3 N–H and O–H groups in total. The van der Waals surface area contributed by atoms with Crippen LogP contribution in [0.2, 0.25) is 0 Å². The number of hydrogen-bond acceptors (Lipinski definition) is 4. The van der Waals surface area contributed by atoms with Gasteiger partial charge in [-0.25, -0.2) is 0 Å². The van der Waals surface area contributed by atoms with Gasteiger partial charge in [-0.1, -0.05) is 30.3 Å². The summed E-state index contributed by atoms with van der Waals surface area (Å²) in [6.07, 6.45) is 2.51. The van der Waals surface area contributed by atoms with Gasteiger partial charge in [0.05, 0.1) is 11.3 Å². The molecule has 0 aliphatic carbocycles. The molecule has 0 bridgehead atoms. The minimum Gasteiger partial charge on any atom is -0.340 e. The number of carbonyl (C=O) groups is 2. The average Bonchev–Trinajstić information content (AvgIpc) is 2.64. The molecule has 0 spiro atoms. The molecule has 2 aromatic rings. The van der Waals surface area contributed by atoms with E-state index in [1.807, 2.05) is 42.7 Å². The molecule has 0 aliphatic rings. The summed E-state index contributed by atoms with van der Waals surface area (Å²) in [7, 11) is 0. The van der Waals surface area contributed by atoms with Gasteiger partial charge in [-0.15, -0.1) is 0 Å². The second-order valence-electron chi connectivity index (χ2n) is 5.27. The van der Waals surface area contributed by atoms with Crippen molar-refractivity contribution in [1.82, 2.24) is 10.7 Å². The third-order valence-electron chi connectivity index (χ3n) is 3.45. The molecule has 1 atom stereocenters. The lowest BCUT2D eigenvalue weighted by Gasteiger charge is -2.19. The minimum atomic E-state index is -0.622. The maximum atomic E-state index is 12.5. The van der Waals surface area contributed by atoms with Crippen LogP contribution in [-0.2, 0) is 4.79 Å². The summed E-state index contributed by atoms with van der Waals surface area (Å²) in [6, 6.07) is 15.8. The highest BCUT2D eigenvalue weighted by Gasteiger charge is 2.22. The molecule has 0 radical (unpaired) electrons. The van der Waals surface area contributed by atoms with Crippen LogP contribution in [0.15, 0.2) is 59.1 Å². The summed E-state index contributed by atoms with van der Waals surface area (Å²) in [6.45, 7) is 0. The monoisotopic (exact) mass is 421 g/mol. The standard InChI is InChI=1S/C18H20BrN3O2S/c1-25-12-11-16(18(24)22-21-13-7-3-2-4-8-13)20-17(23)14-9-5-6-10-15(14)19/h2-10,16,21H,11-12H2,1H3,(H,20,23)(H,22,24). The van der Waals surface area contributed by atoms with Crippen LogP contribution in [0.5, 0.6) is 0 Å². The molecule has 2 amide bonds. The first-order chi connectivity index (χ1) is 12.1. The fourth-order valence-electron chi connectivity index (χ4n) is 2.13. The van der Waals surface area contributed by atoms with Crippen molar-refractivity contribution in [2.75, 3.05) is 17.4 Å². The third-order valence-corrected chi connectivity index (χ3v) is 4.79. The second-order valence-corrected chi connectivity index (χ2v) is 7.11. The number of benzene rings is 2. The molecule has 0 fully saturated rings. The van der Waals surface area contributed by atoms with Crippen LogP contribution in [0.3, 0.4) is 0 Å². The number of para-hydroxylation sites is 1. The molecular formula is C18H20BrN3O2S. The summed E-state index contributed by atoms with van der Waals surface area (Å²) in [5.74, 6) is 0.200. The normalized spacial score (nSPS) is 11.4. The summed E-state index contributed by atoms with van der Waals surface area (Å²) >= 11 is 4.99. The van der Waals surface area contributed by atoms with E-state index in [1.54, 1.807) is 30.0 Å². The first-order valence-corrected chi connectivity index (χ1v) is 9.95. The Bertz CT molecular complexity index is 712. The fraction of sp³-hybridized carbons (Fsp3) is 0.222. The molecule has 0 heterocycles. The lowest BCUT2D eigenvalue weighted by atomic mass is 10.1. The van der Waals surface area contributed by atoms with Crippen LogP contribution in [0.25, 0.3) is 0 Å². The maximum absolute atomic E-state index is 12.5. The van der Waals surface area contributed by atoms with Gasteiger partial charge in [0.25, 0.3) is 11.8 Å². The third kappa shape index (κ3) is 6.10. The van der Waals surface area contributed by atoms with Crippen molar-refractivity contribution in [2.24, 2.45) is 0 Å². The van der Waals surface area contributed by atoms with Crippen molar-refractivity contribution >= 4 is 45.2 Å². The minimum absolute atomic E-state index is 0.279. The van der Waals surface area contributed by atoms with E-state index in [2.05, 4.69) is 32.1 Å². The van der Waals surface area contributed by atoms with E-state index in [9.17, 15) is 9.59 Å². The first kappa shape index (κ1) is 19.3. The van der Waals surface area contributed by atoms with Crippen LogP contribution in [0.1, 0.15) is 16.8 Å². The lowest BCUT2D eigenvalue weighted by molar-refractivity contribution is -0.122. The number of thioether (sulfide) groups is 1. The smallest absolute Gasteiger partial charge is 0.260 e. The number of amides is 2. The zero-order valence-corrected chi connectivity index (χ0v) is 16.2. The predicted molar refractivity (Wildman–Crippen MR) is 107 cm³/mol. The van der Waals surface area contributed by atoms with Crippen molar-refractivity contribution in [1.29, 1.82) is 0 Å². The maximum Gasteiger partial charge on any atom is 0.260 e. The Balaban J connectivity index is 2.00. The molecule has 25 heavy (non-hydrogen) atoms. The van der Waals surface area contributed by atoms with Crippen LogP contribution >= 0.6 is 27.7 Å². The van der Waals surface area contributed by atoms with Gasteiger partial charge in [-0.2, -0.15) is 11.8 Å². The van der Waals surface area contributed by atoms with E-state index in [-0.39, 0.29) is 11.8 Å². The Morgan fingerprint density at radius 1 is 1.08 bits per heavy atom. The van der Waals surface area contributed by atoms with Crippen molar-refractivity contribution in [3.8, 4) is 0 Å². The number of rotatable bonds is 8. The SMILES string of the molecule is CSCCC(NC(=O)c1ccccc1Br)C(=O)NNc1ccccc1. The van der Waals surface area contributed by atoms with Gasteiger partial charge >= 0.3 is 0 Å². The number of nitrogens with one attached hydrogen (secondary N) is 3. The first-order valence-electron chi connectivity index (χ1n) is 7.77.